The van der Waals surface area contributed by atoms with Gasteiger partial charge in [-0.05, 0) is 45.3 Å². The van der Waals surface area contributed by atoms with Gasteiger partial charge in [0.2, 0.25) is 11.8 Å². The number of hydrogen-bond donors (Lipinski definition) is 0. The Morgan fingerprint density at radius 3 is 2.88 bits per heavy atom. The van der Waals surface area contributed by atoms with Crippen molar-refractivity contribution < 1.29 is 9.32 Å². The summed E-state index contributed by atoms with van der Waals surface area (Å²) in [5.41, 5.74) is 1.08. The summed E-state index contributed by atoms with van der Waals surface area (Å²) in [5.74, 6) is 0.999. The number of nitrogens with zero attached hydrogens (tertiary/aromatic N) is 6. The number of fused-ring (bicyclic) bond motifs is 1. The summed E-state index contributed by atoms with van der Waals surface area (Å²) in [7, 11) is 0. The van der Waals surface area contributed by atoms with Gasteiger partial charge in [0, 0.05) is 25.3 Å². The summed E-state index contributed by atoms with van der Waals surface area (Å²) in [6.45, 7) is 6.40. The SMILES string of the molecule is Cc1noc(CC(=O)N2Cc3ccnn3CC[C@H]2CN2CCCCC2)n1. The van der Waals surface area contributed by atoms with E-state index in [0.717, 1.165) is 38.3 Å². The zero-order chi connectivity index (χ0) is 17.9. The molecule has 4 rings (SSSR count). The molecule has 0 unspecified atom stereocenters. The van der Waals surface area contributed by atoms with Gasteiger partial charge in [0.05, 0.1) is 12.2 Å². The standard InChI is InChI=1S/C18H26N6O2/c1-14-20-17(26-21-14)11-18(25)23-13-16-5-7-19-24(16)10-6-15(23)12-22-8-3-2-4-9-22/h5,7,15H,2-4,6,8-13H2,1H3/t15-/m0/s1. The maximum atomic E-state index is 13.1. The summed E-state index contributed by atoms with van der Waals surface area (Å²) in [6.07, 6.45) is 6.71. The van der Waals surface area contributed by atoms with E-state index < -0.39 is 0 Å². The molecule has 0 N–H and O–H groups in total. The summed E-state index contributed by atoms with van der Waals surface area (Å²) >= 11 is 0. The smallest absolute Gasteiger partial charge is 0.236 e. The van der Waals surface area contributed by atoms with E-state index in [9.17, 15) is 4.79 Å². The molecule has 0 spiro atoms. The largest absolute Gasteiger partial charge is 0.339 e. The van der Waals surface area contributed by atoms with Crippen molar-refractivity contribution >= 4 is 5.91 Å². The fraction of sp³-hybridized carbons (Fsp3) is 0.667. The quantitative estimate of drug-likeness (QED) is 0.822. The molecule has 0 aromatic carbocycles. The lowest BCUT2D eigenvalue weighted by Crippen LogP contribution is -2.47. The predicted octanol–water partition coefficient (Wildman–Crippen LogP) is 1.40. The average Bonchev–Trinajstić information content (AvgIpc) is 3.22. The molecule has 2 aromatic rings. The van der Waals surface area contributed by atoms with Crippen molar-refractivity contribution in [3.8, 4) is 0 Å². The number of amides is 1. The second kappa shape index (κ2) is 7.57. The zero-order valence-corrected chi connectivity index (χ0v) is 15.3. The molecular weight excluding hydrogens is 332 g/mol. The van der Waals surface area contributed by atoms with E-state index >= 15 is 0 Å². The maximum Gasteiger partial charge on any atom is 0.236 e. The summed E-state index contributed by atoms with van der Waals surface area (Å²) in [5, 5.41) is 8.20. The molecule has 1 saturated heterocycles. The van der Waals surface area contributed by atoms with Crippen LogP contribution < -0.4 is 0 Å². The van der Waals surface area contributed by atoms with E-state index in [-0.39, 0.29) is 18.4 Å². The molecule has 0 saturated carbocycles. The van der Waals surface area contributed by atoms with Crippen LogP contribution >= 0.6 is 0 Å². The predicted molar refractivity (Wildman–Crippen MR) is 94.2 cm³/mol. The van der Waals surface area contributed by atoms with Gasteiger partial charge in [-0.2, -0.15) is 10.1 Å². The van der Waals surface area contributed by atoms with Crippen LogP contribution in [0.4, 0.5) is 0 Å². The number of carbonyl (C=O) groups is 1. The number of rotatable bonds is 4. The summed E-state index contributed by atoms with van der Waals surface area (Å²) in [4.78, 5) is 21.7. The third kappa shape index (κ3) is 3.80. The van der Waals surface area contributed by atoms with E-state index in [4.69, 9.17) is 4.52 Å². The molecule has 8 heteroatoms. The first-order valence-electron chi connectivity index (χ1n) is 9.51. The Bertz CT molecular complexity index is 748. The lowest BCUT2D eigenvalue weighted by Gasteiger charge is -2.35. The molecule has 8 nitrogen and oxygen atoms in total. The van der Waals surface area contributed by atoms with E-state index in [0.29, 0.717) is 18.3 Å². The van der Waals surface area contributed by atoms with E-state index in [1.165, 1.54) is 19.3 Å². The first-order chi connectivity index (χ1) is 12.7. The number of carbonyl (C=O) groups excluding carboxylic acids is 1. The van der Waals surface area contributed by atoms with Crippen molar-refractivity contribution in [3.05, 3.63) is 29.7 Å². The van der Waals surface area contributed by atoms with Crippen LogP contribution in [0.2, 0.25) is 0 Å². The van der Waals surface area contributed by atoms with Crippen LogP contribution in [-0.2, 0) is 24.3 Å². The minimum Gasteiger partial charge on any atom is -0.339 e. The monoisotopic (exact) mass is 358 g/mol. The summed E-state index contributed by atoms with van der Waals surface area (Å²) < 4.78 is 7.18. The van der Waals surface area contributed by atoms with Gasteiger partial charge < -0.3 is 14.3 Å². The van der Waals surface area contributed by atoms with Gasteiger partial charge >= 0.3 is 0 Å². The van der Waals surface area contributed by atoms with Crippen LogP contribution in [0.1, 0.15) is 43.1 Å². The summed E-state index contributed by atoms with van der Waals surface area (Å²) in [6, 6.07) is 2.19. The van der Waals surface area contributed by atoms with Gasteiger partial charge in [0.15, 0.2) is 5.82 Å². The Kier molecular flexibility index (Phi) is 5.01. The molecular formula is C18H26N6O2. The van der Waals surface area contributed by atoms with E-state index in [1.54, 1.807) is 6.92 Å². The van der Waals surface area contributed by atoms with Gasteiger partial charge in [-0.15, -0.1) is 0 Å². The third-order valence-corrected chi connectivity index (χ3v) is 5.36. The Hall–Kier alpha value is -2.22. The van der Waals surface area contributed by atoms with Crippen molar-refractivity contribution in [3.63, 3.8) is 0 Å². The van der Waals surface area contributed by atoms with Crippen LogP contribution in [0.15, 0.2) is 16.8 Å². The van der Waals surface area contributed by atoms with Gasteiger partial charge in [-0.3, -0.25) is 9.48 Å². The number of piperidine rings is 1. The Labute approximate surface area is 153 Å². The minimum atomic E-state index is 0.0466. The molecule has 1 amide bonds. The topological polar surface area (TPSA) is 80.3 Å². The molecule has 2 aromatic heterocycles. The van der Waals surface area contributed by atoms with Crippen LogP contribution in [-0.4, -0.2) is 61.3 Å². The molecule has 1 fully saturated rings. The fourth-order valence-electron chi connectivity index (χ4n) is 3.99. The van der Waals surface area contributed by atoms with Crippen molar-refractivity contribution in [2.45, 2.75) is 58.2 Å². The van der Waals surface area contributed by atoms with Crippen molar-refractivity contribution in [2.24, 2.45) is 0 Å². The van der Waals surface area contributed by atoms with Gasteiger partial charge in [-0.1, -0.05) is 11.6 Å². The van der Waals surface area contributed by atoms with Crippen molar-refractivity contribution in [1.82, 2.24) is 29.7 Å². The molecule has 140 valence electrons. The number of hydrogen-bond acceptors (Lipinski definition) is 6. The van der Waals surface area contributed by atoms with E-state index in [1.807, 2.05) is 21.8 Å². The van der Waals surface area contributed by atoms with Gasteiger partial charge in [0.25, 0.3) is 0 Å². The number of aromatic nitrogens is 4. The van der Waals surface area contributed by atoms with Crippen LogP contribution in [0.3, 0.4) is 0 Å². The lowest BCUT2D eigenvalue weighted by atomic mass is 10.1. The molecule has 2 aliphatic heterocycles. The van der Waals surface area contributed by atoms with Gasteiger partial charge in [0.1, 0.15) is 6.42 Å². The maximum absolute atomic E-state index is 13.1. The minimum absolute atomic E-state index is 0.0466. The second-order valence-electron chi connectivity index (χ2n) is 7.28. The number of aryl methyl sites for hydroxylation is 2. The highest BCUT2D eigenvalue weighted by Crippen LogP contribution is 2.21. The molecule has 26 heavy (non-hydrogen) atoms. The Morgan fingerprint density at radius 1 is 1.27 bits per heavy atom. The van der Waals surface area contributed by atoms with Crippen LogP contribution in [0.25, 0.3) is 0 Å². The average molecular weight is 358 g/mol. The van der Waals surface area contributed by atoms with E-state index in [2.05, 4.69) is 20.1 Å². The van der Waals surface area contributed by atoms with Crippen LogP contribution in [0, 0.1) is 6.92 Å². The lowest BCUT2D eigenvalue weighted by molar-refractivity contribution is -0.134. The Balaban J connectivity index is 1.51. The third-order valence-electron chi connectivity index (χ3n) is 5.36. The highest BCUT2D eigenvalue weighted by Gasteiger charge is 2.30. The first kappa shape index (κ1) is 17.2. The second-order valence-corrected chi connectivity index (χ2v) is 7.28. The van der Waals surface area contributed by atoms with Crippen molar-refractivity contribution in [2.75, 3.05) is 19.6 Å². The first-order valence-corrected chi connectivity index (χ1v) is 9.51. The fourth-order valence-corrected chi connectivity index (χ4v) is 3.99. The molecule has 2 aliphatic rings. The van der Waals surface area contributed by atoms with Gasteiger partial charge in [-0.25, -0.2) is 0 Å². The molecule has 1 atom stereocenters. The molecule has 0 radical (unpaired) electrons. The van der Waals surface area contributed by atoms with Crippen LogP contribution in [0.5, 0.6) is 0 Å². The Morgan fingerprint density at radius 2 is 2.12 bits per heavy atom. The molecule has 0 aliphatic carbocycles. The normalized spacial score (nSPS) is 21.4. The molecule has 4 heterocycles. The zero-order valence-electron chi connectivity index (χ0n) is 15.3. The highest BCUT2D eigenvalue weighted by molar-refractivity contribution is 5.78. The molecule has 0 bridgehead atoms. The highest BCUT2D eigenvalue weighted by atomic mass is 16.5. The number of likely N-dealkylation sites (tertiary alicyclic amines) is 1. The van der Waals surface area contributed by atoms with Crippen molar-refractivity contribution in [1.29, 1.82) is 0 Å².